The highest BCUT2D eigenvalue weighted by Crippen LogP contribution is 2.39. The Morgan fingerprint density at radius 3 is 2.55 bits per heavy atom. The third-order valence-corrected chi connectivity index (χ3v) is 4.18. The van der Waals surface area contributed by atoms with Gasteiger partial charge in [0, 0.05) is 15.9 Å². The van der Waals surface area contributed by atoms with Crippen LogP contribution in [0.5, 0.6) is 0 Å². The molecule has 2 rings (SSSR count). The summed E-state index contributed by atoms with van der Waals surface area (Å²) >= 11 is 4.76. The van der Waals surface area contributed by atoms with E-state index in [4.69, 9.17) is 0 Å². The van der Waals surface area contributed by atoms with Crippen molar-refractivity contribution in [1.82, 2.24) is 0 Å². The fourth-order valence-corrected chi connectivity index (χ4v) is 2.97. The third-order valence-electron chi connectivity index (χ3n) is 2.59. The van der Waals surface area contributed by atoms with Gasteiger partial charge in [0.05, 0.1) is 9.82 Å². The van der Waals surface area contributed by atoms with Gasteiger partial charge in [-0.05, 0) is 43.3 Å². The van der Waals surface area contributed by atoms with E-state index >= 15 is 0 Å². The van der Waals surface area contributed by atoms with Crippen LogP contribution >= 0.6 is 27.7 Å². The average Bonchev–Trinajstić information content (AvgIpc) is 2.41. The monoisotopic (exact) mass is 352 g/mol. The van der Waals surface area contributed by atoms with Gasteiger partial charge in [-0.25, -0.2) is 0 Å². The van der Waals surface area contributed by atoms with Crippen molar-refractivity contribution in [1.29, 1.82) is 0 Å². The number of hydrogen-bond acceptors (Lipinski definition) is 4. The van der Waals surface area contributed by atoms with E-state index in [-0.39, 0.29) is 10.6 Å². The van der Waals surface area contributed by atoms with E-state index < -0.39 is 0 Å². The summed E-state index contributed by atoms with van der Waals surface area (Å²) in [4.78, 5) is 12.6. The molecule has 0 aromatic heterocycles. The van der Waals surface area contributed by atoms with E-state index in [9.17, 15) is 10.1 Å². The zero-order chi connectivity index (χ0) is 14.5. The van der Waals surface area contributed by atoms with Gasteiger partial charge in [-0.15, -0.1) is 0 Å². The molecule has 104 valence electrons. The molecule has 0 aliphatic rings. The summed E-state index contributed by atoms with van der Waals surface area (Å²) in [7, 11) is 0. The Bertz CT molecular complexity index is 617. The first-order valence-electron chi connectivity index (χ1n) is 6.06. The van der Waals surface area contributed by atoms with E-state index in [2.05, 4.69) is 21.2 Å². The molecular formula is C14H13BrN2O2S. The molecule has 0 atom stereocenters. The highest BCUT2D eigenvalue weighted by molar-refractivity contribution is 9.10. The maximum absolute atomic E-state index is 11.3. The summed E-state index contributed by atoms with van der Waals surface area (Å²) in [5, 5.41) is 14.3. The second kappa shape index (κ2) is 6.76. The zero-order valence-electron chi connectivity index (χ0n) is 10.8. The number of para-hydroxylation sites is 1. The van der Waals surface area contributed by atoms with Gasteiger partial charge >= 0.3 is 5.69 Å². The quantitative estimate of drug-likeness (QED) is 0.611. The first-order chi connectivity index (χ1) is 9.61. The van der Waals surface area contributed by atoms with Gasteiger partial charge in [0.1, 0.15) is 5.69 Å². The van der Waals surface area contributed by atoms with E-state index in [1.165, 1.54) is 11.8 Å². The van der Waals surface area contributed by atoms with Crippen LogP contribution in [0.1, 0.15) is 6.92 Å². The molecule has 0 aliphatic carbocycles. The van der Waals surface area contributed by atoms with Crippen molar-refractivity contribution in [3.63, 3.8) is 0 Å². The predicted octanol–water partition coefficient (Wildman–Crippen LogP) is 4.94. The van der Waals surface area contributed by atoms with Crippen LogP contribution in [0, 0.1) is 10.1 Å². The molecule has 0 amide bonds. The summed E-state index contributed by atoms with van der Waals surface area (Å²) in [6.45, 7) is 2.56. The predicted molar refractivity (Wildman–Crippen MR) is 85.5 cm³/mol. The molecular weight excluding hydrogens is 340 g/mol. The fourth-order valence-electron chi connectivity index (χ4n) is 1.76. The summed E-state index contributed by atoms with van der Waals surface area (Å²) in [5.74, 6) is 0. The largest absolute Gasteiger partial charge is 0.380 e. The van der Waals surface area contributed by atoms with Gasteiger partial charge in [-0.3, -0.25) is 10.1 Å². The standard InChI is InChI=1S/C14H13BrN2O2S/c1-2-16-12-4-3-5-13(14(12)17(18)19)20-11-8-6-10(15)7-9-11/h3-9,16H,2H2,1H3. The van der Waals surface area contributed by atoms with E-state index in [0.29, 0.717) is 17.1 Å². The Morgan fingerprint density at radius 2 is 1.95 bits per heavy atom. The van der Waals surface area contributed by atoms with E-state index in [1.807, 2.05) is 37.3 Å². The molecule has 0 saturated carbocycles. The topological polar surface area (TPSA) is 55.2 Å². The van der Waals surface area contributed by atoms with Crippen molar-refractivity contribution in [3.8, 4) is 0 Å². The number of nitrogens with one attached hydrogen (secondary N) is 1. The summed E-state index contributed by atoms with van der Waals surface area (Å²) in [6.07, 6.45) is 0. The fraction of sp³-hybridized carbons (Fsp3) is 0.143. The molecule has 0 aliphatic heterocycles. The minimum atomic E-state index is -0.334. The van der Waals surface area contributed by atoms with Crippen LogP contribution in [0.2, 0.25) is 0 Å². The third kappa shape index (κ3) is 3.52. The highest BCUT2D eigenvalue weighted by Gasteiger charge is 2.19. The number of nitro groups is 1. The Hall–Kier alpha value is -1.53. The molecule has 2 aromatic carbocycles. The lowest BCUT2D eigenvalue weighted by Crippen LogP contribution is -2.02. The average molecular weight is 353 g/mol. The van der Waals surface area contributed by atoms with E-state index in [1.54, 1.807) is 12.1 Å². The van der Waals surface area contributed by atoms with Gasteiger partial charge in [0.15, 0.2) is 0 Å². The molecule has 0 radical (unpaired) electrons. The molecule has 0 fully saturated rings. The van der Waals surface area contributed by atoms with Crippen molar-refractivity contribution in [2.75, 3.05) is 11.9 Å². The van der Waals surface area contributed by atoms with Crippen LogP contribution in [0.4, 0.5) is 11.4 Å². The lowest BCUT2D eigenvalue weighted by molar-refractivity contribution is -0.386. The molecule has 0 unspecified atom stereocenters. The highest BCUT2D eigenvalue weighted by atomic mass is 79.9. The minimum absolute atomic E-state index is 0.127. The molecule has 4 nitrogen and oxygen atoms in total. The van der Waals surface area contributed by atoms with Crippen LogP contribution < -0.4 is 5.32 Å². The number of nitrogens with zero attached hydrogens (tertiary/aromatic N) is 1. The Kier molecular flexibility index (Phi) is 5.03. The second-order valence-corrected chi connectivity index (χ2v) is 6.03. The van der Waals surface area contributed by atoms with Crippen LogP contribution in [0.3, 0.4) is 0 Å². The molecule has 1 N–H and O–H groups in total. The maximum atomic E-state index is 11.3. The Labute approximate surface area is 129 Å². The van der Waals surface area contributed by atoms with Crippen molar-refractivity contribution < 1.29 is 4.92 Å². The molecule has 0 heterocycles. The van der Waals surface area contributed by atoms with Gasteiger partial charge < -0.3 is 5.32 Å². The first-order valence-corrected chi connectivity index (χ1v) is 7.67. The molecule has 2 aromatic rings. The molecule has 0 bridgehead atoms. The zero-order valence-corrected chi connectivity index (χ0v) is 13.2. The Balaban J connectivity index is 2.37. The number of benzene rings is 2. The van der Waals surface area contributed by atoms with E-state index in [0.717, 1.165) is 9.37 Å². The van der Waals surface area contributed by atoms with Gasteiger partial charge in [-0.2, -0.15) is 0 Å². The van der Waals surface area contributed by atoms with Crippen LogP contribution in [0.15, 0.2) is 56.7 Å². The van der Waals surface area contributed by atoms with Gasteiger partial charge in [-0.1, -0.05) is 33.8 Å². The normalized spacial score (nSPS) is 10.3. The van der Waals surface area contributed by atoms with Crippen LogP contribution in [-0.2, 0) is 0 Å². The van der Waals surface area contributed by atoms with Crippen molar-refractivity contribution in [2.24, 2.45) is 0 Å². The smallest absolute Gasteiger partial charge is 0.306 e. The number of rotatable bonds is 5. The van der Waals surface area contributed by atoms with Crippen molar-refractivity contribution >= 4 is 39.1 Å². The van der Waals surface area contributed by atoms with Gasteiger partial charge in [0.2, 0.25) is 0 Å². The van der Waals surface area contributed by atoms with Crippen molar-refractivity contribution in [2.45, 2.75) is 16.7 Å². The number of halogens is 1. The second-order valence-electron chi connectivity index (χ2n) is 4.00. The number of nitro benzene ring substituents is 1. The summed E-state index contributed by atoms with van der Waals surface area (Å²) < 4.78 is 0.984. The number of anilines is 1. The number of hydrogen-bond donors (Lipinski definition) is 1. The van der Waals surface area contributed by atoms with Crippen LogP contribution in [0.25, 0.3) is 0 Å². The van der Waals surface area contributed by atoms with Crippen molar-refractivity contribution in [3.05, 3.63) is 57.1 Å². The minimum Gasteiger partial charge on any atom is -0.380 e. The molecule has 6 heteroatoms. The maximum Gasteiger partial charge on any atom is 0.306 e. The Morgan fingerprint density at radius 1 is 1.25 bits per heavy atom. The lowest BCUT2D eigenvalue weighted by atomic mass is 10.2. The lowest BCUT2D eigenvalue weighted by Gasteiger charge is -2.08. The molecule has 0 spiro atoms. The first kappa shape index (κ1) is 14.9. The molecule has 0 saturated heterocycles. The summed E-state index contributed by atoms with van der Waals surface area (Å²) in [6, 6.07) is 13.0. The summed E-state index contributed by atoms with van der Waals surface area (Å²) in [5.41, 5.74) is 0.682. The van der Waals surface area contributed by atoms with Gasteiger partial charge in [0.25, 0.3) is 0 Å². The van der Waals surface area contributed by atoms with Crippen LogP contribution in [-0.4, -0.2) is 11.5 Å². The SMILES string of the molecule is CCNc1cccc(Sc2ccc(Br)cc2)c1[N+](=O)[O-]. The molecule has 20 heavy (non-hydrogen) atoms.